The molecule has 28 heavy (non-hydrogen) atoms. The molecule has 3 aromatic rings. The molecule has 1 fully saturated rings. The maximum atomic E-state index is 5.98. The summed E-state index contributed by atoms with van der Waals surface area (Å²) in [4.78, 5) is 11.4. The van der Waals surface area contributed by atoms with Crippen LogP contribution < -0.4 is 9.64 Å². The molecule has 8 nitrogen and oxygen atoms in total. The molecule has 9 heteroatoms. The van der Waals surface area contributed by atoms with Crippen molar-refractivity contribution >= 4 is 22.3 Å². The Bertz CT molecular complexity index is 947. The van der Waals surface area contributed by atoms with Crippen LogP contribution in [0.4, 0.5) is 5.13 Å². The number of aromatic nitrogens is 5. The van der Waals surface area contributed by atoms with E-state index in [0.29, 0.717) is 25.0 Å². The first-order valence-corrected chi connectivity index (χ1v) is 10.3. The van der Waals surface area contributed by atoms with E-state index in [-0.39, 0.29) is 5.41 Å². The average molecular weight is 403 g/mol. The number of anilines is 1. The van der Waals surface area contributed by atoms with Crippen molar-refractivity contribution in [3.05, 3.63) is 29.8 Å². The van der Waals surface area contributed by atoms with Gasteiger partial charge in [0, 0.05) is 49.1 Å². The molecule has 0 radical (unpaired) electrons. The molecule has 150 valence electrons. The van der Waals surface area contributed by atoms with Crippen LogP contribution in [0.2, 0.25) is 0 Å². The van der Waals surface area contributed by atoms with Crippen LogP contribution in [0.1, 0.15) is 38.7 Å². The molecule has 0 saturated carbocycles. The highest BCUT2D eigenvalue weighted by Gasteiger charge is 2.26. The Hall–Kier alpha value is -2.26. The Kier molecular flexibility index (Phi) is 5.20. The summed E-state index contributed by atoms with van der Waals surface area (Å²) >= 11 is 1.43. The summed E-state index contributed by atoms with van der Waals surface area (Å²) in [6.07, 6.45) is 3.05. The number of ether oxygens (including phenoxy) is 2. The minimum Gasteiger partial charge on any atom is -0.476 e. The largest absolute Gasteiger partial charge is 0.476 e. The number of methoxy groups -OCH3 is 1. The molecule has 1 unspecified atom stereocenters. The van der Waals surface area contributed by atoms with Crippen molar-refractivity contribution in [2.75, 3.05) is 31.7 Å². The molecule has 1 atom stereocenters. The Morgan fingerprint density at radius 2 is 2.11 bits per heavy atom. The van der Waals surface area contributed by atoms with Crippen LogP contribution in [0.5, 0.6) is 5.88 Å². The van der Waals surface area contributed by atoms with E-state index in [1.807, 2.05) is 18.3 Å². The van der Waals surface area contributed by atoms with E-state index in [2.05, 4.69) is 45.1 Å². The second-order valence-electron chi connectivity index (χ2n) is 8.19. The van der Waals surface area contributed by atoms with Gasteiger partial charge in [-0.25, -0.2) is 14.5 Å². The number of hydrogen-bond acceptors (Lipinski definition) is 8. The highest BCUT2D eigenvalue weighted by Crippen LogP contribution is 2.26. The SMILES string of the molecule is COCc1nsc(N2CCC(COc3ccc4nc(C(C)(C)C)cn4n3)C2)n1. The molecule has 1 saturated heterocycles. The van der Waals surface area contributed by atoms with Gasteiger partial charge in [0.25, 0.3) is 0 Å². The van der Waals surface area contributed by atoms with Gasteiger partial charge < -0.3 is 14.4 Å². The Balaban J connectivity index is 1.35. The summed E-state index contributed by atoms with van der Waals surface area (Å²) in [5, 5.41) is 5.52. The fourth-order valence-electron chi connectivity index (χ4n) is 3.21. The standard InChI is InChI=1S/C19H26N6O2S/c1-19(2,3)14-10-25-16(20-14)5-6-17(22-25)27-11-13-7-8-24(9-13)18-21-15(12-26-4)23-28-18/h5-6,10,13H,7-9,11-12H2,1-4H3. The van der Waals surface area contributed by atoms with Gasteiger partial charge >= 0.3 is 0 Å². The first-order valence-electron chi connectivity index (χ1n) is 9.48. The molecule has 0 bridgehead atoms. The zero-order chi connectivity index (χ0) is 19.7. The predicted molar refractivity (Wildman–Crippen MR) is 108 cm³/mol. The van der Waals surface area contributed by atoms with Crippen LogP contribution in [-0.4, -0.2) is 50.8 Å². The molecule has 0 amide bonds. The molecule has 4 rings (SSSR count). The summed E-state index contributed by atoms with van der Waals surface area (Å²) < 4.78 is 17.2. The van der Waals surface area contributed by atoms with E-state index in [1.54, 1.807) is 11.6 Å². The first-order chi connectivity index (χ1) is 13.4. The maximum Gasteiger partial charge on any atom is 0.231 e. The fourth-order valence-corrected chi connectivity index (χ4v) is 3.92. The molecule has 0 N–H and O–H groups in total. The van der Waals surface area contributed by atoms with E-state index in [9.17, 15) is 0 Å². The topological polar surface area (TPSA) is 77.7 Å². The molecule has 1 aliphatic rings. The van der Waals surface area contributed by atoms with Crippen molar-refractivity contribution in [2.45, 2.75) is 39.2 Å². The second-order valence-corrected chi connectivity index (χ2v) is 8.92. The average Bonchev–Trinajstić information content (AvgIpc) is 3.38. The van der Waals surface area contributed by atoms with Crippen LogP contribution in [0.3, 0.4) is 0 Å². The third-order valence-electron chi connectivity index (χ3n) is 4.82. The minimum atomic E-state index is -0.00414. The monoisotopic (exact) mass is 402 g/mol. The van der Waals surface area contributed by atoms with Gasteiger partial charge in [0.2, 0.25) is 11.0 Å². The van der Waals surface area contributed by atoms with Crippen LogP contribution in [0, 0.1) is 5.92 Å². The van der Waals surface area contributed by atoms with Crippen LogP contribution in [0.25, 0.3) is 5.65 Å². The predicted octanol–water partition coefficient (Wildman–Crippen LogP) is 2.93. The molecule has 0 spiro atoms. The van der Waals surface area contributed by atoms with Gasteiger partial charge in [0.15, 0.2) is 11.5 Å². The molecule has 1 aliphatic heterocycles. The lowest BCUT2D eigenvalue weighted by Crippen LogP contribution is -2.22. The van der Waals surface area contributed by atoms with E-state index in [0.717, 1.165) is 41.8 Å². The molecule has 0 aromatic carbocycles. The summed E-state index contributed by atoms with van der Waals surface area (Å²) in [6, 6.07) is 3.85. The summed E-state index contributed by atoms with van der Waals surface area (Å²) in [6.45, 7) is 9.42. The van der Waals surface area contributed by atoms with Crippen LogP contribution in [0.15, 0.2) is 18.3 Å². The highest BCUT2D eigenvalue weighted by atomic mass is 32.1. The van der Waals surface area contributed by atoms with Crippen LogP contribution in [-0.2, 0) is 16.8 Å². The van der Waals surface area contributed by atoms with Gasteiger partial charge in [0.1, 0.15) is 6.61 Å². The number of nitrogens with zero attached hydrogens (tertiary/aromatic N) is 6. The van der Waals surface area contributed by atoms with E-state index in [4.69, 9.17) is 9.47 Å². The smallest absolute Gasteiger partial charge is 0.231 e. The van der Waals surface area contributed by atoms with Crippen molar-refractivity contribution in [1.82, 2.24) is 24.0 Å². The van der Waals surface area contributed by atoms with Crippen molar-refractivity contribution in [1.29, 1.82) is 0 Å². The van der Waals surface area contributed by atoms with Gasteiger partial charge in [0.05, 0.1) is 18.5 Å². The number of hydrogen-bond donors (Lipinski definition) is 0. The number of rotatable bonds is 6. The zero-order valence-corrected chi connectivity index (χ0v) is 17.6. The summed E-state index contributed by atoms with van der Waals surface area (Å²) in [5.41, 5.74) is 1.86. The number of fused-ring (bicyclic) bond motifs is 1. The minimum absolute atomic E-state index is 0.00414. The first kappa shape index (κ1) is 19.1. The second kappa shape index (κ2) is 7.63. The Morgan fingerprint density at radius 3 is 2.89 bits per heavy atom. The summed E-state index contributed by atoms with van der Waals surface area (Å²) in [5.74, 6) is 1.82. The van der Waals surface area contributed by atoms with Crippen LogP contribution >= 0.6 is 11.5 Å². The van der Waals surface area contributed by atoms with Gasteiger partial charge in [-0.15, -0.1) is 5.10 Å². The van der Waals surface area contributed by atoms with Crippen molar-refractivity contribution in [3.63, 3.8) is 0 Å². The lowest BCUT2D eigenvalue weighted by molar-refractivity contribution is 0.179. The fraction of sp³-hybridized carbons (Fsp3) is 0.579. The van der Waals surface area contributed by atoms with Gasteiger partial charge in [-0.3, -0.25) is 0 Å². The molecule has 3 aromatic heterocycles. The molecule has 4 heterocycles. The quantitative estimate of drug-likeness (QED) is 0.627. The molecular weight excluding hydrogens is 376 g/mol. The van der Waals surface area contributed by atoms with Gasteiger partial charge in [-0.1, -0.05) is 20.8 Å². The van der Waals surface area contributed by atoms with E-state index >= 15 is 0 Å². The lowest BCUT2D eigenvalue weighted by atomic mass is 9.93. The normalized spacial score (nSPS) is 17.6. The van der Waals surface area contributed by atoms with Gasteiger partial charge in [-0.2, -0.15) is 4.37 Å². The highest BCUT2D eigenvalue weighted by molar-refractivity contribution is 7.09. The Morgan fingerprint density at radius 1 is 1.25 bits per heavy atom. The third-order valence-corrected chi connectivity index (χ3v) is 5.63. The van der Waals surface area contributed by atoms with E-state index < -0.39 is 0 Å². The Labute approximate surface area is 168 Å². The van der Waals surface area contributed by atoms with Gasteiger partial charge in [-0.05, 0) is 12.5 Å². The van der Waals surface area contributed by atoms with Crippen molar-refractivity contribution in [2.24, 2.45) is 5.92 Å². The van der Waals surface area contributed by atoms with E-state index in [1.165, 1.54) is 11.5 Å². The van der Waals surface area contributed by atoms with Crippen molar-refractivity contribution < 1.29 is 9.47 Å². The lowest BCUT2D eigenvalue weighted by Gasteiger charge is -2.14. The molecule has 0 aliphatic carbocycles. The molecular formula is C19H26N6O2S. The number of imidazole rings is 1. The third kappa shape index (κ3) is 4.10. The summed E-state index contributed by atoms with van der Waals surface area (Å²) in [7, 11) is 1.66. The zero-order valence-electron chi connectivity index (χ0n) is 16.8. The van der Waals surface area contributed by atoms with Crippen molar-refractivity contribution in [3.8, 4) is 5.88 Å². The maximum absolute atomic E-state index is 5.98.